The fourth-order valence-electron chi connectivity index (χ4n) is 2.94. The van der Waals surface area contributed by atoms with E-state index in [9.17, 15) is 4.79 Å². The van der Waals surface area contributed by atoms with Crippen LogP contribution in [0.3, 0.4) is 0 Å². The van der Waals surface area contributed by atoms with Crippen molar-refractivity contribution in [1.29, 1.82) is 0 Å². The molecule has 6 heteroatoms. The van der Waals surface area contributed by atoms with E-state index in [1.807, 2.05) is 12.1 Å². The van der Waals surface area contributed by atoms with Crippen molar-refractivity contribution in [1.82, 2.24) is 19.9 Å². The van der Waals surface area contributed by atoms with Crippen LogP contribution in [-0.2, 0) is 13.0 Å². The molecule has 108 valence electrons. The van der Waals surface area contributed by atoms with E-state index < -0.39 is 0 Å². The van der Waals surface area contributed by atoms with Gasteiger partial charge in [0, 0.05) is 31.4 Å². The Hall–Kier alpha value is -2.37. The Kier molecular flexibility index (Phi) is 2.70. The highest BCUT2D eigenvalue weighted by atomic mass is 16.1. The monoisotopic (exact) mass is 283 g/mol. The Morgan fingerprint density at radius 2 is 2.29 bits per heavy atom. The summed E-state index contributed by atoms with van der Waals surface area (Å²) in [6.07, 6.45) is 5.06. The van der Waals surface area contributed by atoms with Crippen molar-refractivity contribution in [3.63, 3.8) is 0 Å². The van der Waals surface area contributed by atoms with Crippen molar-refractivity contribution in [3.05, 3.63) is 29.6 Å². The fourth-order valence-corrected chi connectivity index (χ4v) is 2.94. The first-order valence-electron chi connectivity index (χ1n) is 7.32. The third-order valence-electron chi connectivity index (χ3n) is 4.17. The van der Waals surface area contributed by atoms with Crippen LogP contribution in [0.25, 0.3) is 11.4 Å². The maximum absolute atomic E-state index is 12.1. The highest BCUT2D eigenvalue weighted by Crippen LogP contribution is 2.35. The SMILES string of the molecule is Nc1nccc(-c2cc3c(n2CC2CC2)CCNC3=O)n1. The Labute approximate surface area is 122 Å². The Morgan fingerprint density at radius 3 is 3.05 bits per heavy atom. The molecular weight excluding hydrogens is 266 g/mol. The number of hydrogen-bond acceptors (Lipinski definition) is 4. The van der Waals surface area contributed by atoms with Crippen LogP contribution < -0.4 is 11.1 Å². The molecule has 1 saturated carbocycles. The zero-order valence-corrected chi connectivity index (χ0v) is 11.7. The number of aromatic nitrogens is 3. The average molecular weight is 283 g/mol. The lowest BCUT2D eigenvalue weighted by atomic mass is 10.1. The lowest BCUT2D eigenvalue weighted by Crippen LogP contribution is -2.32. The minimum atomic E-state index is 0.00840. The molecule has 0 bridgehead atoms. The van der Waals surface area contributed by atoms with Gasteiger partial charge in [-0.3, -0.25) is 4.79 Å². The molecule has 0 saturated heterocycles. The second kappa shape index (κ2) is 4.58. The summed E-state index contributed by atoms with van der Waals surface area (Å²) < 4.78 is 2.26. The molecule has 3 heterocycles. The predicted octanol–water partition coefficient (Wildman–Crippen LogP) is 1.22. The van der Waals surface area contributed by atoms with E-state index >= 15 is 0 Å². The Bertz CT molecular complexity index is 717. The van der Waals surface area contributed by atoms with Gasteiger partial charge >= 0.3 is 0 Å². The summed E-state index contributed by atoms with van der Waals surface area (Å²) in [5.74, 6) is 0.993. The number of carbonyl (C=O) groups excluding carboxylic acids is 1. The number of nitrogen functional groups attached to an aromatic ring is 1. The van der Waals surface area contributed by atoms with Gasteiger partial charge in [0.15, 0.2) is 0 Å². The van der Waals surface area contributed by atoms with Crippen molar-refractivity contribution in [2.24, 2.45) is 5.92 Å². The van der Waals surface area contributed by atoms with Gasteiger partial charge in [0.25, 0.3) is 5.91 Å². The van der Waals surface area contributed by atoms with Gasteiger partial charge in [-0.25, -0.2) is 9.97 Å². The third kappa shape index (κ3) is 2.16. The van der Waals surface area contributed by atoms with E-state index in [1.54, 1.807) is 6.20 Å². The minimum absolute atomic E-state index is 0.00840. The highest BCUT2D eigenvalue weighted by molar-refractivity contribution is 5.97. The average Bonchev–Trinajstić information content (AvgIpc) is 3.20. The molecule has 4 rings (SSSR count). The zero-order valence-electron chi connectivity index (χ0n) is 11.7. The second-order valence-corrected chi connectivity index (χ2v) is 5.75. The lowest BCUT2D eigenvalue weighted by Gasteiger charge is -2.17. The maximum Gasteiger partial charge on any atom is 0.253 e. The van der Waals surface area contributed by atoms with Gasteiger partial charge in [-0.15, -0.1) is 0 Å². The molecule has 0 unspecified atom stereocenters. The smallest absolute Gasteiger partial charge is 0.253 e. The summed E-state index contributed by atoms with van der Waals surface area (Å²) >= 11 is 0. The standard InChI is InChI=1S/C15H17N5O/c16-15-18-5-3-11(19-15)13-7-10-12(4-6-17-14(10)21)20(13)8-9-1-2-9/h3,5,7,9H,1-2,4,6,8H2,(H,17,21)(H2,16,18,19). The number of anilines is 1. The summed E-state index contributed by atoms with van der Waals surface area (Å²) in [6.45, 7) is 1.66. The number of rotatable bonds is 3. The molecule has 1 amide bonds. The van der Waals surface area contributed by atoms with Crippen molar-refractivity contribution < 1.29 is 4.79 Å². The Balaban J connectivity index is 1.86. The van der Waals surface area contributed by atoms with Crippen molar-refractivity contribution in [2.45, 2.75) is 25.8 Å². The first-order chi connectivity index (χ1) is 10.2. The molecule has 0 spiro atoms. The van der Waals surface area contributed by atoms with Gasteiger partial charge in [0.1, 0.15) is 0 Å². The lowest BCUT2D eigenvalue weighted by molar-refractivity contribution is 0.0945. The number of nitrogens with zero attached hydrogens (tertiary/aromatic N) is 3. The molecule has 1 fully saturated rings. The predicted molar refractivity (Wildman–Crippen MR) is 78.6 cm³/mol. The molecule has 1 aliphatic carbocycles. The normalized spacial score (nSPS) is 17.4. The summed E-state index contributed by atoms with van der Waals surface area (Å²) in [7, 11) is 0. The first kappa shape index (κ1) is 12.4. The van der Waals surface area contributed by atoms with Crippen LogP contribution in [0.15, 0.2) is 18.3 Å². The number of amides is 1. The van der Waals surface area contributed by atoms with Crippen molar-refractivity contribution in [2.75, 3.05) is 12.3 Å². The van der Waals surface area contributed by atoms with E-state index in [0.717, 1.165) is 41.5 Å². The number of fused-ring (bicyclic) bond motifs is 1. The molecular formula is C15H17N5O. The topological polar surface area (TPSA) is 85.8 Å². The van der Waals surface area contributed by atoms with Gasteiger partial charge in [-0.1, -0.05) is 0 Å². The largest absolute Gasteiger partial charge is 0.368 e. The molecule has 0 aromatic carbocycles. The van der Waals surface area contributed by atoms with Crippen LogP contribution >= 0.6 is 0 Å². The molecule has 0 atom stereocenters. The van der Waals surface area contributed by atoms with Gasteiger partial charge < -0.3 is 15.6 Å². The molecule has 2 aromatic heterocycles. The number of hydrogen-bond donors (Lipinski definition) is 2. The van der Waals surface area contributed by atoms with Gasteiger partial charge in [-0.05, 0) is 30.9 Å². The highest BCUT2D eigenvalue weighted by Gasteiger charge is 2.29. The maximum atomic E-state index is 12.1. The van der Waals surface area contributed by atoms with Crippen LogP contribution in [0, 0.1) is 5.92 Å². The summed E-state index contributed by atoms with van der Waals surface area (Å²) in [5, 5.41) is 2.90. The third-order valence-corrected chi connectivity index (χ3v) is 4.17. The number of nitrogens with two attached hydrogens (primary N) is 1. The molecule has 6 nitrogen and oxygen atoms in total. The number of carbonyl (C=O) groups is 1. The van der Waals surface area contributed by atoms with E-state index in [0.29, 0.717) is 6.54 Å². The quantitative estimate of drug-likeness (QED) is 0.887. The molecule has 0 radical (unpaired) electrons. The van der Waals surface area contributed by atoms with Gasteiger partial charge in [-0.2, -0.15) is 0 Å². The Morgan fingerprint density at radius 1 is 1.43 bits per heavy atom. The van der Waals surface area contributed by atoms with E-state index in [2.05, 4.69) is 19.9 Å². The second-order valence-electron chi connectivity index (χ2n) is 5.75. The molecule has 3 N–H and O–H groups in total. The molecule has 21 heavy (non-hydrogen) atoms. The van der Waals surface area contributed by atoms with Crippen LogP contribution in [0.5, 0.6) is 0 Å². The molecule has 1 aliphatic heterocycles. The minimum Gasteiger partial charge on any atom is -0.368 e. The zero-order chi connectivity index (χ0) is 14.4. The number of nitrogens with one attached hydrogen (secondary N) is 1. The summed E-state index contributed by atoms with van der Waals surface area (Å²) in [6, 6.07) is 3.78. The molecule has 2 aliphatic rings. The van der Waals surface area contributed by atoms with E-state index in [-0.39, 0.29) is 11.9 Å². The van der Waals surface area contributed by atoms with Crippen LogP contribution in [0.4, 0.5) is 5.95 Å². The van der Waals surface area contributed by atoms with Crippen LogP contribution in [0.2, 0.25) is 0 Å². The van der Waals surface area contributed by atoms with Crippen LogP contribution in [-0.4, -0.2) is 27.0 Å². The summed E-state index contributed by atoms with van der Waals surface area (Å²) in [4.78, 5) is 20.3. The van der Waals surface area contributed by atoms with Crippen molar-refractivity contribution in [3.8, 4) is 11.4 Å². The van der Waals surface area contributed by atoms with E-state index in [1.165, 1.54) is 12.8 Å². The fraction of sp³-hybridized carbons (Fsp3) is 0.400. The van der Waals surface area contributed by atoms with Gasteiger partial charge in [0.05, 0.1) is 17.0 Å². The summed E-state index contributed by atoms with van der Waals surface area (Å²) in [5.41, 5.74) is 9.35. The van der Waals surface area contributed by atoms with Crippen LogP contribution in [0.1, 0.15) is 28.9 Å². The van der Waals surface area contributed by atoms with Gasteiger partial charge in [0.2, 0.25) is 5.95 Å². The first-order valence-corrected chi connectivity index (χ1v) is 7.32. The molecule has 2 aromatic rings. The van der Waals surface area contributed by atoms with E-state index in [4.69, 9.17) is 5.73 Å². The van der Waals surface area contributed by atoms with Crippen molar-refractivity contribution >= 4 is 11.9 Å².